The molecule has 0 aromatic carbocycles. The number of H-pyrrole nitrogens is 2. The number of hydrogen-bond donors (Lipinski definition) is 2. The molecule has 1 spiro atoms. The fraction of sp³-hybridized carbons (Fsp3) is 0.737. The van der Waals surface area contributed by atoms with Crippen LogP contribution < -0.4 is 5.56 Å². The van der Waals surface area contributed by atoms with Gasteiger partial charge in [-0.3, -0.25) is 19.5 Å². The third-order valence-corrected chi connectivity index (χ3v) is 6.00. The Morgan fingerprint density at radius 1 is 1.19 bits per heavy atom. The van der Waals surface area contributed by atoms with Gasteiger partial charge in [-0.25, -0.2) is 0 Å². The third kappa shape index (κ3) is 4.43. The maximum atomic E-state index is 12.8. The number of hydrogen-bond acceptors (Lipinski definition) is 4. The average Bonchev–Trinajstić information content (AvgIpc) is 2.95. The van der Waals surface area contributed by atoms with Crippen LogP contribution in [0, 0.1) is 12.3 Å². The lowest BCUT2D eigenvalue weighted by atomic mass is 9.73. The summed E-state index contributed by atoms with van der Waals surface area (Å²) < 4.78 is 0. The van der Waals surface area contributed by atoms with Crippen LogP contribution in [0.4, 0.5) is 0 Å². The number of nitrogens with one attached hydrogen (secondary N) is 2. The quantitative estimate of drug-likeness (QED) is 0.774. The van der Waals surface area contributed by atoms with Crippen LogP contribution in [0.25, 0.3) is 0 Å². The van der Waals surface area contributed by atoms with Crippen LogP contribution in [0.2, 0.25) is 0 Å². The topological polar surface area (TPSA) is 92.5 Å². The van der Waals surface area contributed by atoms with E-state index in [0.29, 0.717) is 18.5 Å². The number of likely N-dealkylation sites (tertiary alicyclic amines) is 2. The molecule has 1 aromatic heterocycles. The van der Waals surface area contributed by atoms with Crippen molar-refractivity contribution in [2.45, 2.75) is 39.0 Å². The van der Waals surface area contributed by atoms with Gasteiger partial charge in [0.1, 0.15) is 0 Å². The predicted octanol–water partition coefficient (Wildman–Crippen LogP) is 0.347. The van der Waals surface area contributed by atoms with E-state index in [4.69, 9.17) is 0 Å². The van der Waals surface area contributed by atoms with Crippen LogP contribution in [-0.4, -0.2) is 83.5 Å². The number of aromatic amines is 2. The fourth-order valence-electron chi connectivity index (χ4n) is 4.33. The molecule has 0 unspecified atom stereocenters. The van der Waals surface area contributed by atoms with Crippen molar-refractivity contribution in [3.05, 3.63) is 21.6 Å². The van der Waals surface area contributed by atoms with Crippen molar-refractivity contribution in [1.82, 2.24) is 24.9 Å². The van der Waals surface area contributed by atoms with Gasteiger partial charge in [-0.15, -0.1) is 0 Å². The highest BCUT2D eigenvalue weighted by molar-refractivity contribution is 5.79. The van der Waals surface area contributed by atoms with E-state index >= 15 is 0 Å². The van der Waals surface area contributed by atoms with E-state index in [1.807, 2.05) is 23.9 Å². The van der Waals surface area contributed by atoms with Gasteiger partial charge in [0.25, 0.3) is 5.56 Å². The lowest BCUT2D eigenvalue weighted by Gasteiger charge is -2.48. The number of carbonyl (C=O) groups is 2. The number of aromatic nitrogens is 2. The number of nitrogens with zero attached hydrogens (tertiary/aromatic N) is 3. The van der Waals surface area contributed by atoms with Crippen LogP contribution in [0.3, 0.4) is 0 Å². The van der Waals surface area contributed by atoms with Gasteiger partial charge in [0, 0.05) is 55.8 Å². The summed E-state index contributed by atoms with van der Waals surface area (Å²) in [5.41, 5.74) is 1.02. The molecule has 3 heterocycles. The summed E-state index contributed by atoms with van der Waals surface area (Å²) in [4.78, 5) is 43.0. The molecular formula is C19H31N5O3. The maximum Gasteiger partial charge on any atom is 0.267 e. The van der Waals surface area contributed by atoms with E-state index in [9.17, 15) is 14.4 Å². The number of piperidine rings is 2. The molecule has 0 saturated carbocycles. The van der Waals surface area contributed by atoms with Crippen molar-refractivity contribution >= 4 is 11.8 Å². The van der Waals surface area contributed by atoms with E-state index in [2.05, 4.69) is 15.1 Å². The summed E-state index contributed by atoms with van der Waals surface area (Å²) in [6.45, 7) is 5.52. The first-order valence-electron chi connectivity index (χ1n) is 9.76. The second-order valence-electron chi connectivity index (χ2n) is 8.40. The van der Waals surface area contributed by atoms with Crippen LogP contribution in [0.15, 0.2) is 4.79 Å². The van der Waals surface area contributed by atoms with E-state index < -0.39 is 0 Å². The number of likely N-dealkylation sites (N-methyl/N-ethyl adjacent to an activating group) is 1. The second kappa shape index (κ2) is 7.88. The van der Waals surface area contributed by atoms with Gasteiger partial charge in [-0.05, 0) is 40.3 Å². The summed E-state index contributed by atoms with van der Waals surface area (Å²) in [6.07, 6.45) is 3.53. The molecule has 3 rings (SSSR count). The van der Waals surface area contributed by atoms with Crippen molar-refractivity contribution in [1.29, 1.82) is 0 Å². The molecule has 2 aliphatic heterocycles. The zero-order chi connectivity index (χ0) is 19.6. The molecule has 0 aliphatic carbocycles. The number of rotatable bonds is 5. The van der Waals surface area contributed by atoms with E-state index in [1.54, 1.807) is 6.92 Å². The minimum absolute atomic E-state index is 0.000911. The lowest BCUT2D eigenvalue weighted by Crippen LogP contribution is -2.56. The first kappa shape index (κ1) is 19.7. The molecule has 2 fully saturated rings. The molecule has 8 heteroatoms. The highest BCUT2D eigenvalue weighted by Crippen LogP contribution is 2.39. The molecule has 27 heavy (non-hydrogen) atoms. The molecule has 2 N–H and O–H groups in total. The van der Waals surface area contributed by atoms with Crippen LogP contribution in [-0.2, 0) is 16.0 Å². The Morgan fingerprint density at radius 2 is 1.96 bits per heavy atom. The molecule has 0 bridgehead atoms. The third-order valence-electron chi connectivity index (χ3n) is 6.00. The summed E-state index contributed by atoms with van der Waals surface area (Å²) in [5, 5.41) is 5.32. The molecule has 1 atom stereocenters. The Hall–Kier alpha value is -2.09. The Kier molecular flexibility index (Phi) is 5.74. The van der Waals surface area contributed by atoms with E-state index in [1.165, 1.54) is 0 Å². The lowest BCUT2D eigenvalue weighted by molar-refractivity contribution is -0.142. The van der Waals surface area contributed by atoms with Gasteiger partial charge in [0.15, 0.2) is 0 Å². The standard InChI is InChI=1S/C19H31N5O3/c1-14-15(18(27)21-20-14)11-17(26)23-8-4-6-19(12-23)7-5-16(25)24(13-19)10-9-22(2)3/h4-13H2,1-3H3,(H2,20,21,27)/t19-/m1/s1. The van der Waals surface area contributed by atoms with Crippen LogP contribution >= 0.6 is 0 Å². The normalized spacial score (nSPS) is 23.5. The number of amides is 2. The predicted molar refractivity (Wildman–Crippen MR) is 102 cm³/mol. The van der Waals surface area contributed by atoms with Gasteiger partial charge in [0.2, 0.25) is 11.8 Å². The van der Waals surface area contributed by atoms with Crippen molar-refractivity contribution < 1.29 is 9.59 Å². The summed E-state index contributed by atoms with van der Waals surface area (Å²) >= 11 is 0. The minimum Gasteiger partial charge on any atom is -0.342 e. The van der Waals surface area contributed by atoms with Crippen molar-refractivity contribution in [3.63, 3.8) is 0 Å². The molecule has 2 aliphatic rings. The largest absolute Gasteiger partial charge is 0.342 e. The molecule has 8 nitrogen and oxygen atoms in total. The zero-order valence-corrected chi connectivity index (χ0v) is 16.6. The van der Waals surface area contributed by atoms with Gasteiger partial charge >= 0.3 is 0 Å². The van der Waals surface area contributed by atoms with Crippen LogP contribution in [0.5, 0.6) is 0 Å². The smallest absolute Gasteiger partial charge is 0.267 e. The number of aryl methyl sites for hydroxylation is 1. The van der Waals surface area contributed by atoms with E-state index in [0.717, 1.165) is 51.1 Å². The summed E-state index contributed by atoms with van der Waals surface area (Å²) in [7, 11) is 4.02. The van der Waals surface area contributed by atoms with Gasteiger partial charge in [-0.1, -0.05) is 0 Å². The summed E-state index contributed by atoms with van der Waals surface area (Å²) in [6, 6.07) is 0. The van der Waals surface area contributed by atoms with Gasteiger partial charge in [0.05, 0.1) is 6.42 Å². The van der Waals surface area contributed by atoms with Crippen molar-refractivity contribution in [2.24, 2.45) is 5.41 Å². The van der Waals surface area contributed by atoms with Crippen molar-refractivity contribution in [3.8, 4) is 0 Å². The number of carbonyl (C=O) groups excluding carboxylic acids is 2. The monoisotopic (exact) mass is 377 g/mol. The Morgan fingerprint density at radius 3 is 2.63 bits per heavy atom. The molecule has 150 valence electrons. The van der Waals surface area contributed by atoms with Crippen LogP contribution in [0.1, 0.15) is 36.9 Å². The molecule has 2 amide bonds. The van der Waals surface area contributed by atoms with Gasteiger partial charge < -0.3 is 19.8 Å². The Labute approximate surface area is 159 Å². The molecule has 2 saturated heterocycles. The maximum absolute atomic E-state index is 12.8. The van der Waals surface area contributed by atoms with Crippen molar-refractivity contribution in [2.75, 3.05) is 46.8 Å². The molecule has 1 aromatic rings. The summed E-state index contributed by atoms with van der Waals surface area (Å²) in [5.74, 6) is 0.222. The molecule has 0 radical (unpaired) electrons. The zero-order valence-electron chi connectivity index (χ0n) is 16.6. The average molecular weight is 377 g/mol. The van der Waals surface area contributed by atoms with Gasteiger partial charge in [-0.2, -0.15) is 0 Å². The minimum atomic E-state index is -0.217. The molecular weight excluding hydrogens is 346 g/mol. The highest BCUT2D eigenvalue weighted by atomic mass is 16.2. The SMILES string of the molecule is Cc1[nH][nH]c(=O)c1CC(=O)N1CCC[C@@]2(CCC(=O)N(CCN(C)C)C2)C1. The fourth-order valence-corrected chi connectivity index (χ4v) is 4.33. The first-order chi connectivity index (χ1) is 12.8. The highest BCUT2D eigenvalue weighted by Gasteiger charge is 2.42. The Bertz CT molecular complexity index is 753. The second-order valence-corrected chi connectivity index (χ2v) is 8.40. The Balaban J connectivity index is 1.66. The van der Waals surface area contributed by atoms with E-state index in [-0.39, 0.29) is 29.2 Å². The first-order valence-corrected chi connectivity index (χ1v) is 9.76.